The maximum Gasteiger partial charge on any atom is 0.254 e. The number of amides is 1. The van der Waals surface area contributed by atoms with Gasteiger partial charge in [0.15, 0.2) is 0 Å². The molecule has 0 radical (unpaired) electrons. The molecule has 1 aliphatic rings. The zero-order chi connectivity index (χ0) is 14.8. The van der Waals surface area contributed by atoms with Crippen molar-refractivity contribution in [3.05, 3.63) is 29.8 Å². The molecule has 2 rings (SSSR count). The van der Waals surface area contributed by atoms with Gasteiger partial charge in [0.2, 0.25) is 10.0 Å². The van der Waals surface area contributed by atoms with E-state index < -0.39 is 10.0 Å². The topological polar surface area (TPSA) is 78.5 Å². The summed E-state index contributed by atoms with van der Waals surface area (Å²) in [4.78, 5) is 14.3. The van der Waals surface area contributed by atoms with Crippen molar-refractivity contribution in [2.45, 2.75) is 17.9 Å². The van der Waals surface area contributed by atoms with Crippen LogP contribution in [-0.2, 0) is 10.0 Å². The average molecular weight is 334 g/mol. The third kappa shape index (κ3) is 3.94. The fourth-order valence-electron chi connectivity index (χ4n) is 2.22. The van der Waals surface area contributed by atoms with E-state index in [1.807, 2.05) is 6.92 Å². The van der Waals surface area contributed by atoms with Gasteiger partial charge in [-0.15, -0.1) is 12.4 Å². The normalized spacial score (nSPS) is 19.0. The van der Waals surface area contributed by atoms with Gasteiger partial charge in [0, 0.05) is 31.2 Å². The molecule has 1 aromatic rings. The molecule has 1 heterocycles. The van der Waals surface area contributed by atoms with Crippen molar-refractivity contribution in [1.82, 2.24) is 14.9 Å². The molecule has 2 N–H and O–H groups in total. The molecule has 1 amide bonds. The molecule has 21 heavy (non-hydrogen) atoms. The molecular weight excluding hydrogens is 314 g/mol. The van der Waals surface area contributed by atoms with Crippen LogP contribution < -0.4 is 10.0 Å². The van der Waals surface area contributed by atoms with Gasteiger partial charge >= 0.3 is 0 Å². The van der Waals surface area contributed by atoms with Gasteiger partial charge in [0.05, 0.1) is 4.90 Å². The third-order valence-corrected chi connectivity index (χ3v) is 4.83. The fraction of sp³-hybridized carbons (Fsp3) is 0.462. The molecule has 1 saturated heterocycles. The molecule has 1 aromatic carbocycles. The predicted molar refractivity (Wildman–Crippen MR) is 83.3 cm³/mol. The minimum atomic E-state index is -3.53. The Bertz CT molecular complexity index is 606. The molecule has 1 fully saturated rings. The Labute approximate surface area is 131 Å². The summed E-state index contributed by atoms with van der Waals surface area (Å²) in [5.74, 6) is -0.132. The number of rotatable bonds is 3. The van der Waals surface area contributed by atoms with Gasteiger partial charge in [-0.05, 0) is 32.2 Å². The van der Waals surface area contributed by atoms with E-state index in [0.717, 1.165) is 13.1 Å². The Morgan fingerprint density at radius 3 is 2.76 bits per heavy atom. The van der Waals surface area contributed by atoms with Crippen LogP contribution in [0.5, 0.6) is 0 Å². The van der Waals surface area contributed by atoms with Crippen LogP contribution in [0.15, 0.2) is 29.2 Å². The van der Waals surface area contributed by atoms with Crippen LogP contribution in [0.1, 0.15) is 17.3 Å². The van der Waals surface area contributed by atoms with Crippen molar-refractivity contribution < 1.29 is 13.2 Å². The number of sulfonamides is 1. The van der Waals surface area contributed by atoms with Crippen molar-refractivity contribution in [3.8, 4) is 0 Å². The molecule has 8 heteroatoms. The van der Waals surface area contributed by atoms with Crippen LogP contribution in [0.3, 0.4) is 0 Å². The van der Waals surface area contributed by atoms with E-state index in [2.05, 4.69) is 10.0 Å². The highest BCUT2D eigenvalue weighted by Crippen LogP contribution is 2.15. The number of hydrogen-bond acceptors (Lipinski definition) is 4. The van der Waals surface area contributed by atoms with Crippen LogP contribution >= 0.6 is 12.4 Å². The number of carbonyl (C=O) groups is 1. The molecule has 0 bridgehead atoms. The molecule has 6 nitrogen and oxygen atoms in total. The van der Waals surface area contributed by atoms with Crippen LogP contribution in [0.4, 0.5) is 0 Å². The number of carbonyl (C=O) groups excluding carboxylic acids is 1. The van der Waals surface area contributed by atoms with Gasteiger partial charge < -0.3 is 10.2 Å². The summed E-state index contributed by atoms with van der Waals surface area (Å²) in [6, 6.07) is 6.23. The predicted octanol–water partition coefficient (Wildman–Crippen LogP) is 0.450. The van der Waals surface area contributed by atoms with E-state index in [9.17, 15) is 13.2 Å². The van der Waals surface area contributed by atoms with Crippen molar-refractivity contribution in [2.75, 3.05) is 26.7 Å². The van der Waals surface area contributed by atoms with Gasteiger partial charge in [-0.3, -0.25) is 4.79 Å². The Morgan fingerprint density at radius 1 is 1.43 bits per heavy atom. The van der Waals surface area contributed by atoms with Crippen molar-refractivity contribution in [2.24, 2.45) is 0 Å². The summed E-state index contributed by atoms with van der Waals surface area (Å²) in [6.45, 7) is 4.10. The average Bonchev–Trinajstić information content (AvgIpc) is 2.47. The first-order valence-electron chi connectivity index (χ1n) is 6.51. The molecule has 0 saturated carbocycles. The minimum Gasteiger partial charge on any atom is -0.333 e. The second kappa shape index (κ2) is 7.22. The Hall–Kier alpha value is -1.15. The van der Waals surface area contributed by atoms with Crippen LogP contribution in [0.2, 0.25) is 0 Å². The summed E-state index contributed by atoms with van der Waals surface area (Å²) in [7, 11) is -2.18. The first-order chi connectivity index (χ1) is 9.45. The first-order valence-corrected chi connectivity index (χ1v) is 7.99. The lowest BCUT2D eigenvalue weighted by atomic mass is 10.1. The monoisotopic (exact) mass is 333 g/mol. The van der Waals surface area contributed by atoms with Crippen molar-refractivity contribution in [3.63, 3.8) is 0 Å². The zero-order valence-electron chi connectivity index (χ0n) is 12.0. The van der Waals surface area contributed by atoms with E-state index in [0.29, 0.717) is 12.1 Å². The van der Waals surface area contributed by atoms with Gasteiger partial charge in [-0.2, -0.15) is 0 Å². The van der Waals surface area contributed by atoms with E-state index >= 15 is 0 Å². The Morgan fingerprint density at radius 2 is 2.14 bits per heavy atom. The van der Waals surface area contributed by atoms with E-state index in [4.69, 9.17) is 0 Å². The molecule has 0 aromatic heterocycles. The highest BCUT2D eigenvalue weighted by atomic mass is 35.5. The van der Waals surface area contributed by atoms with E-state index in [1.54, 1.807) is 17.0 Å². The first kappa shape index (κ1) is 17.9. The number of piperazine rings is 1. The number of benzene rings is 1. The molecule has 1 atom stereocenters. The fourth-order valence-corrected chi connectivity index (χ4v) is 3.00. The number of nitrogens with zero attached hydrogens (tertiary/aromatic N) is 1. The highest BCUT2D eigenvalue weighted by Gasteiger charge is 2.24. The lowest BCUT2D eigenvalue weighted by molar-refractivity contribution is 0.0655. The van der Waals surface area contributed by atoms with Crippen molar-refractivity contribution in [1.29, 1.82) is 0 Å². The summed E-state index contributed by atoms with van der Waals surface area (Å²) in [5.41, 5.74) is 0.398. The summed E-state index contributed by atoms with van der Waals surface area (Å²) in [5, 5.41) is 3.22. The van der Waals surface area contributed by atoms with Gasteiger partial charge in [0.25, 0.3) is 5.91 Å². The van der Waals surface area contributed by atoms with E-state index in [1.165, 1.54) is 19.2 Å². The summed E-state index contributed by atoms with van der Waals surface area (Å²) < 4.78 is 25.8. The SMILES string of the molecule is CNS(=O)(=O)c1cccc(C(=O)N2CCNC[C@H]2C)c1.Cl. The summed E-state index contributed by atoms with van der Waals surface area (Å²) in [6.07, 6.45) is 0. The van der Waals surface area contributed by atoms with Crippen LogP contribution in [0, 0.1) is 0 Å². The highest BCUT2D eigenvalue weighted by molar-refractivity contribution is 7.89. The molecule has 0 aliphatic carbocycles. The molecule has 0 unspecified atom stereocenters. The number of halogens is 1. The molecule has 118 valence electrons. The second-order valence-corrected chi connectivity index (χ2v) is 6.67. The van der Waals surface area contributed by atoms with Crippen LogP contribution in [-0.4, -0.2) is 51.9 Å². The second-order valence-electron chi connectivity index (χ2n) is 4.79. The Balaban J connectivity index is 0.00000220. The largest absolute Gasteiger partial charge is 0.333 e. The number of nitrogens with one attached hydrogen (secondary N) is 2. The molecule has 1 aliphatic heterocycles. The molecule has 0 spiro atoms. The summed E-state index contributed by atoms with van der Waals surface area (Å²) >= 11 is 0. The lowest BCUT2D eigenvalue weighted by Gasteiger charge is -2.34. The Kier molecular flexibility index (Phi) is 6.15. The smallest absolute Gasteiger partial charge is 0.254 e. The lowest BCUT2D eigenvalue weighted by Crippen LogP contribution is -2.52. The maximum atomic E-state index is 12.5. The van der Waals surface area contributed by atoms with Gasteiger partial charge in [-0.1, -0.05) is 6.07 Å². The van der Waals surface area contributed by atoms with E-state index in [-0.39, 0.29) is 29.3 Å². The number of hydrogen-bond donors (Lipinski definition) is 2. The minimum absolute atomic E-state index is 0. The maximum absolute atomic E-state index is 12.5. The van der Waals surface area contributed by atoms with Gasteiger partial charge in [-0.25, -0.2) is 13.1 Å². The van der Waals surface area contributed by atoms with Crippen molar-refractivity contribution >= 4 is 28.3 Å². The van der Waals surface area contributed by atoms with Crippen LogP contribution in [0.25, 0.3) is 0 Å². The standard InChI is InChI=1S/C13H19N3O3S.ClH/c1-10-9-15-6-7-16(10)13(17)11-4-3-5-12(8-11)20(18,19)14-2;/h3-5,8,10,14-15H,6-7,9H2,1-2H3;1H/t10-;/m1./s1. The molecular formula is C13H20ClN3O3S. The quantitative estimate of drug-likeness (QED) is 0.842. The third-order valence-electron chi connectivity index (χ3n) is 3.42. The van der Waals surface area contributed by atoms with Gasteiger partial charge in [0.1, 0.15) is 0 Å². The zero-order valence-corrected chi connectivity index (χ0v) is 13.6.